The van der Waals surface area contributed by atoms with E-state index in [0.29, 0.717) is 24.6 Å². The predicted octanol–water partition coefficient (Wildman–Crippen LogP) is 1.47. The van der Waals surface area contributed by atoms with Crippen molar-refractivity contribution >= 4 is 0 Å². The summed E-state index contributed by atoms with van der Waals surface area (Å²) in [7, 11) is 0. The zero-order valence-electron chi connectivity index (χ0n) is 11.1. The Balaban J connectivity index is 2.02. The van der Waals surface area contributed by atoms with Gasteiger partial charge in [0.25, 0.3) is 0 Å². The molecule has 1 saturated heterocycles. The summed E-state index contributed by atoms with van der Waals surface area (Å²) in [4.78, 5) is 2.54. The molecule has 0 radical (unpaired) electrons. The number of likely N-dealkylation sites (tertiary alicyclic amines) is 1. The first-order chi connectivity index (χ1) is 7.63. The maximum absolute atomic E-state index is 8.91. The van der Waals surface area contributed by atoms with Gasteiger partial charge in [-0.1, -0.05) is 6.92 Å². The van der Waals surface area contributed by atoms with E-state index in [1.54, 1.807) is 0 Å². The molecule has 2 unspecified atom stereocenters. The molecule has 96 valence electrons. The lowest BCUT2D eigenvalue weighted by atomic mass is 10.1. The monoisotopic (exact) mass is 228 g/mol. The highest BCUT2D eigenvalue weighted by atomic mass is 16.3. The minimum Gasteiger partial charge on any atom is -0.396 e. The second kappa shape index (κ2) is 7.25. The summed E-state index contributed by atoms with van der Waals surface area (Å²) in [6, 6.07) is 1.37. The fourth-order valence-electron chi connectivity index (χ4n) is 2.27. The molecule has 0 spiro atoms. The number of aliphatic hydroxyl groups excluding tert-OH is 1. The molecule has 1 rings (SSSR count). The quantitative estimate of drug-likeness (QED) is 0.648. The highest BCUT2D eigenvalue weighted by Gasteiger charge is 2.23. The van der Waals surface area contributed by atoms with Crippen LogP contribution in [0.3, 0.4) is 0 Å². The van der Waals surface area contributed by atoms with Crippen molar-refractivity contribution in [2.75, 3.05) is 26.2 Å². The van der Waals surface area contributed by atoms with Gasteiger partial charge in [-0.15, -0.1) is 0 Å². The first-order valence-electron chi connectivity index (χ1n) is 6.71. The van der Waals surface area contributed by atoms with E-state index >= 15 is 0 Å². The van der Waals surface area contributed by atoms with Gasteiger partial charge in [-0.2, -0.15) is 0 Å². The van der Waals surface area contributed by atoms with Crippen LogP contribution in [0.2, 0.25) is 0 Å². The normalized spacial score (nSPS) is 24.2. The Morgan fingerprint density at radius 1 is 1.38 bits per heavy atom. The van der Waals surface area contributed by atoms with Crippen molar-refractivity contribution in [2.24, 2.45) is 5.92 Å². The van der Waals surface area contributed by atoms with Crippen LogP contribution in [0.4, 0.5) is 0 Å². The molecule has 1 fully saturated rings. The molecular formula is C13H28N2O. The van der Waals surface area contributed by atoms with Crippen molar-refractivity contribution < 1.29 is 5.11 Å². The van der Waals surface area contributed by atoms with Gasteiger partial charge >= 0.3 is 0 Å². The minimum absolute atomic E-state index is 0.324. The first kappa shape index (κ1) is 13.9. The van der Waals surface area contributed by atoms with Crippen LogP contribution in [0.5, 0.6) is 0 Å². The fraction of sp³-hybridized carbons (Fsp3) is 1.00. The van der Waals surface area contributed by atoms with Crippen molar-refractivity contribution in [1.82, 2.24) is 10.2 Å². The van der Waals surface area contributed by atoms with Crippen LogP contribution in [-0.2, 0) is 0 Å². The third-order valence-electron chi connectivity index (χ3n) is 3.57. The maximum atomic E-state index is 8.91. The van der Waals surface area contributed by atoms with Gasteiger partial charge in [-0.3, -0.25) is 4.90 Å². The van der Waals surface area contributed by atoms with E-state index < -0.39 is 0 Å². The number of aliphatic hydroxyl groups is 1. The summed E-state index contributed by atoms with van der Waals surface area (Å²) in [5, 5.41) is 12.5. The number of rotatable bonds is 7. The Kier molecular flexibility index (Phi) is 6.32. The number of hydrogen-bond acceptors (Lipinski definition) is 3. The summed E-state index contributed by atoms with van der Waals surface area (Å²) in [5.74, 6) is 0.456. The average molecular weight is 228 g/mol. The lowest BCUT2D eigenvalue weighted by Crippen LogP contribution is -2.35. The number of nitrogens with one attached hydrogen (secondary N) is 1. The summed E-state index contributed by atoms with van der Waals surface area (Å²) in [5.41, 5.74) is 0. The van der Waals surface area contributed by atoms with E-state index in [9.17, 15) is 0 Å². The van der Waals surface area contributed by atoms with Gasteiger partial charge in [-0.05, 0) is 52.1 Å². The van der Waals surface area contributed by atoms with Gasteiger partial charge in [0.15, 0.2) is 0 Å². The Morgan fingerprint density at radius 2 is 2.12 bits per heavy atom. The summed E-state index contributed by atoms with van der Waals surface area (Å²) >= 11 is 0. The van der Waals surface area contributed by atoms with E-state index in [1.165, 1.54) is 25.9 Å². The predicted molar refractivity (Wildman–Crippen MR) is 68.6 cm³/mol. The van der Waals surface area contributed by atoms with E-state index in [4.69, 9.17) is 5.11 Å². The standard InChI is InChI=1S/C13H28N2O/c1-11(2)15-8-6-13(9-15)14-7-4-5-12(3)10-16/h11-14,16H,4-10H2,1-3H3. The minimum atomic E-state index is 0.324. The highest BCUT2D eigenvalue weighted by Crippen LogP contribution is 2.12. The Labute approximate surface area is 100 Å². The molecule has 2 N–H and O–H groups in total. The number of hydrogen-bond donors (Lipinski definition) is 2. The summed E-state index contributed by atoms with van der Waals surface area (Å²) < 4.78 is 0. The Hall–Kier alpha value is -0.120. The second-order valence-electron chi connectivity index (χ2n) is 5.46. The summed E-state index contributed by atoms with van der Waals surface area (Å²) in [6.45, 7) is 10.5. The molecule has 3 heteroatoms. The van der Waals surface area contributed by atoms with Gasteiger partial charge < -0.3 is 10.4 Å². The lowest BCUT2D eigenvalue weighted by Gasteiger charge is -2.20. The topological polar surface area (TPSA) is 35.5 Å². The zero-order chi connectivity index (χ0) is 12.0. The molecule has 2 atom stereocenters. The third-order valence-corrected chi connectivity index (χ3v) is 3.57. The molecule has 0 aliphatic carbocycles. The van der Waals surface area contributed by atoms with E-state index in [0.717, 1.165) is 13.0 Å². The molecule has 1 heterocycles. The van der Waals surface area contributed by atoms with Crippen LogP contribution in [0.25, 0.3) is 0 Å². The maximum Gasteiger partial charge on any atom is 0.0456 e. The SMILES string of the molecule is CC(CO)CCCNC1CCN(C(C)C)C1. The Morgan fingerprint density at radius 3 is 2.69 bits per heavy atom. The molecule has 0 aromatic heterocycles. The van der Waals surface area contributed by atoms with E-state index in [1.807, 2.05) is 0 Å². The van der Waals surface area contributed by atoms with Gasteiger partial charge in [0.05, 0.1) is 0 Å². The smallest absolute Gasteiger partial charge is 0.0456 e. The van der Waals surface area contributed by atoms with Crippen LogP contribution in [0.1, 0.15) is 40.0 Å². The molecule has 1 aliphatic heterocycles. The van der Waals surface area contributed by atoms with Crippen molar-refractivity contribution in [1.29, 1.82) is 0 Å². The second-order valence-corrected chi connectivity index (χ2v) is 5.46. The van der Waals surface area contributed by atoms with Crippen LogP contribution < -0.4 is 5.32 Å². The highest BCUT2D eigenvalue weighted by molar-refractivity contribution is 4.82. The Bertz CT molecular complexity index is 185. The van der Waals surface area contributed by atoms with Crippen LogP contribution in [0.15, 0.2) is 0 Å². The average Bonchev–Trinajstić information content (AvgIpc) is 2.72. The van der Waals surface area contributed by atoms with Crippen molar-refractivity contribution in [3.8, 4) is 0 Å². The third kappa shape index (κ3) is 4.81. The molecule has 0 saturated carbocycles. The lowest BCUT2D eigenvalue weighted by molar-refractivity contribution is 0.227. The van der Waals surface area contributed by atoms with Gasteiger partial charge in [0.2, 0.25) is 0 Å². The zero-order valence-corrected chi connectivity index (χ0v) is 11.1. The van der Waals surface area contributed by atoms with Crippen molar-refractivity contribution in [2.45, 2.75) is 52.1 Å². The largest absolute Gasteiger partial charge is 0.396 e. The fourth-order valence-corrected chi connectivity index (χ4v) is 2.27. The van der Waals surface area contributed by atoms with Gasteiger partial charge in [0.1, 0.15) is 0 Å². The molecule has 16 heavy (non-hydrogen) atoms. The van der Waals surface area contributed by atoms with Gasteiger partial charge in [0, 0.05) is 25.2 Å². The molecule has 0 bridgehead atoms. The number of nitrogens with zero attached hydrogens (tertiary/aromatic N) is 1. The molecule has 0 aromatic rings. The molecule has 3 nitrogen and oxygen atoms in total. The van der Waals surface area contributed by atoms with Crippen LogP contribution >= 0.6 is 0 Å². The van der Waals surface area contributed by atoms with E-state index in [-0.39, 0.29) is 0 Å². The van der Waals surface area contributed by atoms with Crippen LogP contribution in [0, 0.1) is 5.92 Å². The van der Waals surface area contributed by atoms with E-state index in [2.05, 4.69) is 31.0 Å². The van der Waals surface area contributed by atoms with Crippen molar-refractivity contribution in [3.05, 3.63) is 0 Å². The van der Waals surface area contributed by atoms with Gasteiger partial charge in [-0.25, -0.2) is 0 Å². The van der Waals surface area contributed by atoms with Crippen LogP contribution in [-0.4, -0.2) is 48.3 Å². The summed E-state index contributed by atoms with van der Waals surface area (Å²) in [6.07, 6.45) is 3.59. The molecule has 1 aliphatic rings. The first-order valence-corrected chi connectivity index (χ1v) is 6.71. The van der Waals surface area contributed by atoms with Crippen molar-refractivity contribution in [3.63, 3.8) is 0 Å². The molecule has 0 aromatic carbocycles. The molecule has 0 amide bonds. The molecular weight excluding hydrogens is 200 g/mol.